The van der Waals surface area contributed by atoms with E-state index in [2.05, 4.69) is 20.0 Å². The van der Waals surface area contributed by atoms with Gasteiger partial charge in [0.25, 0.3) is 0 Å². The first-order valence-corrected chi connectivity index (χ1v) is 14.8. The van der Waals surface area contributed by atoms with Gasteiger partial charge in [0.05, 0.1) is 19.8 Å². The van der Waals surface area contributed by atoms with Crippen molar-refractivity contribution in [3.8, 4) is 5.75 Å². The fourth-order valence-corrected chi connectivity index (χ4v) is 6.06. The topological polar surface area (TPSA) is 61.8 Å². The van der Waals surface area contributed by atoms with Crippen LogP contribution in [0.1, 0.15) is 52.0 Å². The van der Waals surface area contributed by atoms with Crippen molar-refractivity contribution in [1.82, 2.24) is 0 Å². The maximum absolute atomic E-state index is 12.1. The van der Waals surface area contributed by atoms with Gasteiger partial charge in [-0.2, -0.15) is 0 Å². The van der Waals surface area contributed by atoms with Crippen LogP contribution in [0.2, 0.25) is 25.2 Å². The van der Waals surface area contributed by atoms with E-state index in [9.17, 15) is 9.59 Å². The molecule has 0 fully saturated rings. The Morgan fingerprint density at radius 2 is 1.47 bits per heavy atom. The van der Waals surface area contributed by atoms with Gasteiger partial charge in [0.1, 0.15) is 5.75 Å². The lowest BCUT2D eigenvalue weighted by Crippen LogP contribution is -2.28. The number of aryl methyl sites for hydroxylation is 1. The number of carbonyl (C=O) groups is 2. The van der Waals surface area contributed by atoms with Crippen LogP contribution < -0.4 is 4.74 Å². The fourth-order valence-electron chi connectivity index (χ4n) is 3.40. The largest absolute Gasteiger partial charge is 0.494 e. The van der Waals surface area contributed by atoms with Crippen LogP contribution >= 0.6 is 0 Å². The number of unbranched alkanes of at least 4 members (excludes halogenated alkanes) is 1. The molecule has 1 aromatic carbocycles. The van der Waals surface area contributed by atoms with E-state index in [0.29, 0.717) is 12.8 Å². The summed E-state index contributed by atoms with van der Waals surface area (Å²) in [6.07, 6.45) is 4.69. The van der Waals surface area contributed by atoms with Crippen LogP contribution in [-0.4, -0.2) is 39.8 Å². The zero-order valence-corrected chi connectivity index (χ0v) is 20.5. The summed E-state index contributed by atoms with van der Waals surface area (Å²) in [6.45, 7) is 11.9. The highest BCUT2D eigenvalue weighted by molar-refractivity contribution is 6.77. The maximum atomic E-state index is 12.1. The van der Waals surface area contributed by atoms with Crippen LogP contribution in [0.3, 0.4) is 0 Å². The molecule has 0 atom stereocenters. The van der Waals surface area contributed by atoms with Gasteiger partial charge >= 0.3 is 11.9 Å². The zero-order chi connectivity index (χ0) is 22.4. The quantitative estimate of drug-likeness (QED) is 0.154. The van der Waals surface area contributed by atoms with E-state index >= 15 is 0 Å². The molecule has 170 valence electrons. The van der Waals surface area contributed by atoms with E-state index in [1.54, 1.807) is 13.8 Å². The van der Waals surface area contributed by atoms with Crippen molar-refractivity contribution in [1.29, 1.82) is 0 Å². The second kappa shape index (κ2) is 14.2. The Bertz CT molecular complexity index is 609. The van der Waals surface area contributed by atoms with E-state index in [0.717, 1.165) is 24.3 Å². The molecule has 0 saturated carbocycles. The highest BCUT2D eigenvalue weighted by Gasteiger charge is 2.29. The van der Waals surface area contributed by atoms with Crippen LogP contribution in [0.4, 0.5) is 0 Å². The average Bonchev–Trinajstić information content (AvgIpc) is 2.71. The lowest BCUT2D eigenvalue weighted by Gasteiger charge is -2.22. The number of benzene rings is 1. The predicted octanol–water partition coefficient (Wildman–Crippen LogP) is 5.64. The molecule has 0 aliphatic heterocycles. The zero-order valence-electron chi connectivity index (χ0n) is 19.5. The summed E-state index contributed by atoms with van der Waals surface area (Å²) in [7, 11) is -1.08. The summed E-state index contributed by atoms with van der Waals surface area (Å²) >= 11 is 0. The van der Waals surface area contributed by atoms with Gasteiger partial charge in [0.15, 0.2) is 5.92 Å². The number of esters is 2. The summed E-state index contributed by atoms with van der Waals surface area (Å²) < 4.78 is 15.9. The fraction of sp³-hybridized carbons (Fsp3) is 0.667. The molecular formula is C24H40O5Si. The van der Waals surface area contributed by atoms with E-state index in [4.69, 9.17) is 14.2 Å². The molecule has 6 heteroatoms. The second-order valence-corrected chi connectivity index (χ2v) is 13.8. The van der Waals surface area contributed by atoms with Gasteiger partial charge in [-0.3, -0.25) is 9.59 Å². The first-order chi connectivity index (χ1) is 14.3. The van der Waals surface area contributed by atoms with Crippen LogP contribution in [0, 0.1) is 5.92 Å². The molecule has 0 aromatic heterocycles. The minimum atomic E-state index is -1.08. The molecular weight excluding hydrogens is 396 g/mol. The van der Waals surface area contributed by atoms with E-state index in [1.807, 2.05) is 24.3 Å². The van der Waals surface area contributed by atoms with Crippen molar-refractivity contribution in [2.24, 2.45) is 5.92 Å². The predicted molar refractivity (Wildman–Crippen MR) is 124 cm³/mol. The number of hydrogen-bond acceptors (Lipinski definition) is 5. The van der Waals surface area contributed by atoms with Crippen LogP contribution in [0.25, 0.3) is 0 Å². The van der Waals surface area contributed by atoms with Crippen molar-refractivity contribution in [3.05, 3.63) is 29.8 Å². The van der Waals surface area contributed by atoms with Gasteiger partial charge in [-0.1, -0.05) is 57.1 Å². The summed E-state index contributed by atoms with van der Waals surface area (Å²) in [5.74, 6) is -1.04. The van der Waals surface area contributed by atoms with Gasteiger partial charge in [0, 0.05) is 8.07 Å². The normalized spacial score (nSPS) is 11.4. The number of rotatable bonds is 15. The van der Waals surface area contributed by atoms with Crippen molar-refractivity contribution in [3.63, 3.8) is 0 Å². The molecule has 1 rings (SSSR count). The summed E-state index contributed by atoms with van der Waals surface area (Å²) in [5.41, 5.74) is 1.05. The highest BCUT2D eigenvalue weighted by Crippen LogP contribution is 2.21. The Morgan fingerprint density at radius 1 is 0.900 bits per heavy atom. The van der Waals surface area contributed by atoms with Crippen LogP contribution in [-0.2, 0) is 25.5 Å². The summed E-state index contributed by atoms with van der Waals surface area (Å²) in [6, 6.07) is 10.6. The Labute approximate surface area is 183 Å². The van der Waals surface area contributed by atoms with Crippen LogP contribution in [0.15, 0.2) is 24.3 Å². The molecule has 0 bridgehead atoms. The number of hydrogen-bond donors (Lipinski definition) is 0. The minimum Gasteiger partial charge on any atom is -0.494 e. The molecule has 30 heavy (non-hydrogen) atoms. The van der Waals surface area contributed by atoms with Crippen molar-refractivity contribution < 1.29 is 23.8 Å². The van der Waals surface area contributed by atoms with Crippen molar-refractivity contribution >= 4 is 20.0 Å². The lowest BCUT2D eigenvalue weighted by molar-refractivity contribution is -0.161. The molecule has 0 aliphatic carbocycles. The highest BCUT2D eigenvalue weighted by atomic mass is 28.3. The number of ether oxygens (including phenoxy) is 3. The summed E-state index contributed by atoms with van der Waals surface area (Å²) in [4.78, 5) is 24.1. The van der Waals surface area contributed by atoms with Gasteiger partial charge in [-0.05, 0) is 50.8 Å². The Morgan fingerprint density at radius 3 is 2.00 bits per heavy atom. The maximum Gasteiger partial charge on any atom is 0.320 e. The van der Waals surface area contributed by atoms with Gasteiger partial charge in [-0.25, -0.2) is 0 Å². The molecule has 0 spiro atoms. The van der Waals surface area contributed by atoms with Crippen molar-refractivity contribution in [2.45, 2.75) is 78.1 Å². The molecule has 0 aliphatic rings. The van der Waals surface area contributed by atoms with Crippen molar-refractivity contribution in [2.75, 3.05) is 19.8 Å². The van der Waals surface area contributed by atoms with Crippen LogP contribution in [0.5, 0.6) is 5.75 Å². The lowest BCUT2D eigenvalue weighted by atomic mass is 9.99. The van der Waals surface area contributed by atoms with E-state index in [-0.39, 0.29) is 13.2 Å². The third-order valence-electron chi connectivity index (χ3n) is 5.26. The summed E-state index contributed by atoms with van der Waals surface area (Å²) in [5, 5.41) is 0. The van der Waals surface area contributed by atoms with E-state index in [1.165, 1.54) is 24.9 Å². The smallest absolute Gasteiger partial charge is 0.320 e. The van der Waals surface area contributed by atoms with Gasteiger partial charge in [0.2, 0.25) is 0 Å². The third kappa shape index (κ3) is 10.3. The molecule has 0 amide bonds. The molecule has 0 heterocycles. The molecule has 0 N–H and O–H groups in total. The monoisotopic (exact) mass is 436 g/mol. The molecule has 1 aromatic rings. The SMILES string of the molecule is CCCC[Si](C)(C)CCCOc1ccc(CCC(C(=O)OCC)C(=O)OCC)cc1. The van der Waals surface area contributed by atoms with Gasteiger partial charge < -0.3 is 14.2 Å². The Hall–Kier alpha value is -1.82. The minimum absolute atomic E-state index is 0.249. The third-order valence-corrected chi connectivity index (χ3v) is 8.68. The Kier molecular flexibility index (Phi) is 12.4. The second-order valence-electron chi connectivity index (χ2n) is 8.46. The Balaban J connectivity index is 2.47. The molecule has 5 nitrogen and oxygen atoms in total. The number of carbonyl (C=O) groups excluding carboxylic acids is 2. The first kappa shape index (κ1) is 26.2. The molecule has 0 saturated heterocycles. The van der Waals surface area contributed by atoms with Gasteiger partial charge in [-0.15, -0.1) is 0 Å². The molecule has 0 radical (unpaired) electrons. The standard InChI is InChI=1S/C24H40O5Si/c1-6-9-18-30(4,5)19-10-17-29-21-14-11-20(12-15-21)13-16-22(23(25)27-7-2)24(26)28-8-3/h11-12,14-15,22H,6-10,13,16-19H2,1-5H3. The average molecular weight is 437 g/mol. The van der Waals surface area contributed by atoms with E-state index < -0.39 is 25.9 Å². The molecule has 0 unspecified atom stereocenters. The first-order valence-electron chi connectivity index (χ1n) is 11.4.